The van der Waals surface area contributed by atoms with Crippen molar-refractivity contribution in [1.29, 1.82) is 0 Å². The van der Waals surface area contributed by atoms with Gasteiger partial charge in [0.2, 0.25) is 0 Å². The lowest BCUT2D eigenvalue weighted by Crippen LogP contribution is -1.93. The van der Waals surface area contributed by atoms with Crippen molar-refractivity contribution in [3.8, 4) is 0 Å². The molecule has 1 aromatic rings. The monoisotopic (exact) mass is 164 g/mol. The van der Waals surface area contributed by atoms with Crippen LogP contribution in [0.1, 0.15) is 5.82 Å². The summed E-state index contributed by atoms with van der Waals surface area (Å²) >= 11 is 11.2. The van der Waals surface area contributed by atoms with Crippen molar-refractivity contribution < 1.29 is 0 Å². The van der Waals surface area contributed by atoms with E-state index >= 15 is 0 Å². The summed E-state index contributed by atoms with van der Waals surface area (Å²) in [4.78, 5) is 3.93. The van der Waals surface area contributed by atoms with E-state index in [1.165, 1.54) is 0 Å². The SMILES string of the molecule is Cn1c(Cl)cnc1CCl. The zero-order chi connectivity index (χ0) is 6.85. The number of rotatable bonds is 1. The highest BCUT2D eigenvalue weighted by Gasteiger charge is 2.00. The van der Waals surface area contributed by atoms with Crippen molar-refractivity contribution >= 4 is 23.2 Å². The third-order valence-electron chi connectivity index (χ3n) is 1.15. The van der Waals surface area contributed by atoms with Gasteiger partial charge in [0.1, 0.15) is 11.0 Å². The Morgan fingerprint density at radius 1 is 1.78 bits per heavy atom. The lowest BCUT2D eigenvalue weighted by atomic mass is 10.7. The van der Waals surface area contributed by atoms with E-state index < -0.39 is 0 Å². The van der Waals surface area contributed by atoms with Gasteiger partial charge >= 0.3 is 0 Å². The zero-order valence-electron chi connectivity index (χ0n) is 4.93. The highest BCUT2D eigenvalue weighted by Crippen LogP contribution is 2.09. The van der Waals surface area contributed by atoms with E-state index in [0.717, 1.165) is 5.82 Å². The molecule has 1 aromatic heterocycles. The maximum absolute atomic E-state index is 5.65. The van der Waals surface area contributed by atoms with Gasteiger partial charge < -0.3 is 4.57 Å². The zero-order valence-corrected chi connectivity index (χ0v) is 6.45. The predicted molar refractivity (Wildman–Crippen MR) is 37.8 cm³/mol. The Kier molecular flexibility index (Phi) is 1.98. The van der Waals surface area contributed by atoms with Gasteiger partial charge in [-0.2, -0.15) is 0 Å². The van der Waals surface area contributed by atoms with Crippen LogP contribution >= 0.6 is 23.2 Å². The molecule has 0 N–H and O–H groups in total. The first-order valence-electron chi connectivity index (χ1n) is 2.47. The molecule has 0 radical (unpaired) electrons. The second-order valence-electron chi connectivity index (χ2n) is 1.69. The summed E-state index contributed by atoms with van der Waals surface area (Å²) < 4.78 is 1.74. The summed E-state index contributed by atoms with van der Waals surface area (Å²) in [6.07, 6.45) is 1.58. The molecule has 50 valence electrons. The minimum absolute atomic E-state index is 0.406. The Morgan fingerprint density at radius 2 is 2.44 bits per heavy atom. The van der Waals surface area contributed by atoms with Gasteiger partial charge in [0.25, 0.3) is 0 Å². The number of alkyl halides is 1. The van der Waals surface area contributed by atoms with Crippen molar-refractivity contribution in [2.24, 2.45) is 7.05 Å². The molecule has 9 heavy (non-hydrogen) atoms. The predicted octanol–water partition coefficient (Wildman–Crippen LogP) is 1.81. The Hall–Kier alpha value is -0.210. The third-order valence-corrected chi connectivity index (χ3v) is 1.74. The van der Waals surface area contributed by atoms with E-state index in [0.29, 0.717) is 11.0 Å². The van der Waals surface area contributed by atoms with Crippen LogP contribution in [0.2, 0.25) is 5.15 Å². The van der Waals surface area contributed by atoms with Crippen LogP contribution in [0.15, 0.2) is 6.20 Å². The lowest BCUT2D eigenvalue weighted by Gasteiger charge is -1.94. The fourth-order valence-electron chi connectivity index (χ4n) is 0.548. The quantitative estimate of drug-likeness (QED) is 0.580. The van der Waals surface area contributed by atoms with Crippen molar-refractivity contribution in [3.05, 3.63) is 17.2 Å². The summed E-state index contributed by atoms with van der Waals surface area (Å²) in [5.74, 6) is 1.20. The maximum Gasteiger partial charge on any atom is 0.128 e. The van der Waals surface area contributed by atoms with Crippen LogP contribution in [0.4, 0.5) is 0 Å². The lowest BCUT2D eigenvalue weighted by molar-refractivity contribution is 0.848. The molecule has 1 heterocycles. The van der Waals surface area contributed by atoms with E-state index in [9.17, 15) is 0 Å². The molecule has 2 nitrogen and oxygen atoms in total. The van der Waals surface area contributed by atoms with Gasteiger partial charge in [-0.25, -0.2) is 4.98 Å². The highest BCUT2D eigenvalue weighted by molar-refractivity contribution is 6.29. The minimum Gasteiger partial charge on any atom is -0.321 e. The van der Waals surface area contributed by atoms with Crippen LogP contribution in [0.5, 0.6) is 0 Å². The Balaban J connectivity index is 3.04. The van der Waals surface area contributed by atoms with Gasteiger partial charge in [-0.1, -0.05) is 11.6 Å². The molecule has 0 spiro atoms. The molecule has 0 unspecified atom stereocenters. The molecule has 0 fully saturated rings. The van der Waals surface area contributed by atoms with Crippen LogP contribution in [0.3, 0.4) is 0 Å². The fourth-order valence-corrected chi connectivity index (χ4v) is 0.943. The average molecular weight is 165 g/mol. The first-order chi connectivity index (χ1) is 4.25. The van der Waals surface area contributed by atoms with Crippen LogP contribution < -0.4 is 0 Å². The average Bonchev–Trinajstić information content (AvgIpc) is 2.15. The van der Waals surface area contributed by atoms with Crippen molar-refractivity contribution in [2.45, 2.75) is 5.88 Å². The summed E-state index contributed by atoms with van der Waals surface area (Å²) in [5.41, 5.74) is 0. The fraction of sp³-hybridized carbons (Fsp3) is 0.400. The molecular weight excluding hydrogens is 159 g/mol. The second-order valence-corrected chi connectivity index (χ2v) is 2.34. The number of aromatic nitrogens is 2. The number of imidazole rings is 1. The molecule has 4 heteroatoms. The van der Waals surface area contributed by atoms with E-state index in [2.05, 4.69) is 4.98 Å². The molecule has 0 amide bonds. The van der Waals surface area contributed by atoms with E-state index in [-0.39, 0.29) is 0 Å². The molecule has 0 aliphatic carbocycles. The number of hydrogen-bond donors (Lipinski definition) is 0. The van der Waals surface area contributed by atoms with E-state index in [4.69, 9.17) is 23.2 Å². The maximum atomic E-state index is 5.65. The molecule has 0 bridgehead atoms. The van der Waals surface area contributed by atoms with Crippen molar-refractivity contribution in [2.75, 3.05) is 0 Å². The van der Waals surface area contributed by atoms with Crippen molar-refractivity contribution in [1.82, 2.24) is 9.55 Å². The molecule has 1 rings (SSSR count). The van der Waals surface area contributed by atoms with Gasteiger partial charge in [0.15, 0.2) is 0 Å². The minimum atomic E-state index is 0.406. The van der Waals surface area contributed by atoms with Gasteiger partial charge in [-0.15, -0.1) is 11.6 Å². The standard InChI is InChI=1S/C5H6Cl2N2/c1-9-4(7)3-8-5(9)2-6/h3H,2H2,1H3. The highest BCUT2D eigenvalue weighted by atomic mass is 35.5. The summed E-state index contributed by atoms with van der Waals surface area (Å²) in [5, 5.41) is 0.616. The summed E-state index contributed by atoms with van der Waals surface area (Å²) in [6, 6.07) is 0. The second kappa shape index (κ2) is 2.58. The largest absolute Gasteiger partial charge is 0.321 e. The summed E-state index contributed by atoms with van der Waals surface area (Å²) in [6.45, 7) is 0. The third kappa shape index (κ3) is 1.19. The van der Waals surface area contributed by atoms with Crippen LogP contribution in [0, 0.1) is 0 Å². The van der Waals surface area contributed by atoms with Gasteiger partial charge in [-0.05, 0) is 0 Å². The summed E-state index contributed by atoms with van der Waals surface area (Å²) in [7, 11) is 1.83. The topological polar surface area (TPSA) is 17.8 Å². The van der Waals surface area contributed by atoms with Crippen LogP contribution in [-0.2, 0) is 12.9 Å². The van der Waals surface area contributed by atoms with Crippen LogP contribution in [0.25, 0.3) is 0 Å². The number of nitrogens with zero attached hydrogens (tertiary/aromatic N) is 2. The smallest absolute Gasteiger partial charge is 0.128 e. The first-order valence-corrected chi connectivity index (χ1v) is 3.39. The Labute approximate surface area is 63.4 Å². The van der Waals surface area contributed by atoms with Gasteiger partial charge in [-0.3, -0.25) is 0 Å². The van der Waals surface area contributed by atoms with E-state index in [1.54, 1.807) is 10.8 Å². The molecule has 0 aliphatic heterocycles. The normalized spacial score (nSPS) is 10.1. The Bertz CT molecular complexity index is 207. The number of halogens is 2. The molecule has 0 atom stereocenters. The van der Waals surface area contributed by atoms with Gasteiger partial charge in [0, 0.05) is 7.05 Å². The molecule has 0 aromatic carbocycles. The first kappa shape index (κ1) is 6.90. The van der Waals surface area contributed by atoms with Crippen LogP contribution in [-0.4, -0.2) is 9.55 Å². The molecule has 0 aliphatic rings. The molecule has 0 saturated heterocycles. The number of hydrogen-bond acceptors (Lipinski definition) is 1. The van der Waals surface area contributed by atoms with E-state index in [1.807, 2.05) is 7.05 Å². The molecular formula is C5H6Cl2N2. The van der Waals surface area contributed by atoms with Crippen molar-refractivity contribution in [3.63, 3.8) is 0 Å². The van der Waals surface area contributed by atoms with Gasteiger partial charge in [0.05, 0.1) is 12.1 Å². The Morgan fingerprint density at radius 3 is 2.67 bits per heavy atom. The molecule has 0 saturated carbocycles.